The molecule has 1 aliphatic rings. The quantitative estimate of drug-likeness (QED) is 0.896. The summed E-state index contributed by atoms with van der Waals surface area (Å²) in [6.45, 7) is 8.02. The predicted octanol–water partition coefficient (Wildman–Crippen LogP) is 3.18. The van der Waals surface area contributed by atoms with Gasteiger partial charge in [0, 0.05) is 12.7 Å². The summed E-state index contributed by atoms with van der Waals surface area (Å²) < 4.78 is 2.07. The van der Waals surface area contributed by atoms with Gasteiger partial charge in [-0.3, -0.25) is 4.68 Å². The van der Waals surface area contributed by atoms with Gasteiger partial charge in [-0.1, -0.05) is 13.8 Å². The summed E-state index contributed by atoms with van der Waals surface area (Å²) in [4.78, 5) is 0. The number of hydrogen-bond acceptors (Lipinski definition) is 2. The molecule has 3 nitrogen and oxygen atoms in total. The van der Waals surface area contributed by atoms with Crippen LogP contribution < -0.4 is 5.32 Å². The van der Waals surface area contributed by atoms with Gasteiger partial charge in [-0.15, -0.1) is 0 Å². The van der Waals surface area contributed by atoms with Gasteiger partial charge in [-0.05, 0) is 75.9 Å². The van der Waals surface area contributed by atoms with Crippen molar-refractivity contribution in [3.63, 3.8) is 0 Å². The fourth-order valence-electron chi connectivity index (χ4n) is 3.87. The summed E-state index contributed by atoms with van der Waals surface area (Å²) in [5.41, 5.74) is 2.54. The second kappa shape index (κ2) is 6.75. The molecule has 0 spiro atoms. The van der Waals surface area contributed by atoms with Gasteiger partial charge in [-0.2, -0.15) is 5.10 Å². The van der Waals surface area contributed by atoms with Crippen LogP contribution in [0.1, 0.15) is 44.5 Å². The van der Waals surface area contributed by atoms with Crippen LogP contribution in [0.5, 0.6) is 0 Å². The molecule has 3 unspecified atom stereocenters. The van der Waals surface area contributed by atoms with E-state index in [1.807, 2.05) is 0 Å². The Morgan fingerprint density at radius 3 is 2.65 bits per heavy atom. The number of nitrogens with zero attached hydrogens (tertiary/aromatic N) is 2. The molecule has 1 aromatic rings. The van der Waals surface area contributed by atoms with Crippen LogP contribution in [0.2, 0.25) is 0 Å². The molecular formula is C17H31N3. The number of rotatable bonds is 5. The summed E-state index contributed by atoms with van der Waals surface area (Å²) in [6, 6.07) is 2.26. The molecular weight excluding hydrogens is 246 g/mol. The Morgan fingerprint density at radius 2 is 2.10 bits per heavy atom. The third kappa shape index (κ3) is 3.63. The Morgan fingerprint density at radius 1 is 1.35 bits per heavy atom. The van der Waals surface area contributed by atoms with Crippen molar-refractivity contribution in [2.24, 2.45) is 30.7 Å². The van der Waals surface area contributed by atoms with Crippen LogP contribution in [0.25, 0.3) is 0 Å². The van der Waals surface area contributed by atoms with Crippen LogP contribution in [0.3, 0.4) is 0 Å². The van der Waals surface area contributed by atoms with Crippen molar-refractivity contribution >= 4 is 0 Å². The number of nitrogens with one attached hydrogen (secondary N) is 1. The first-order valence-electron chi connectivity index (χ1n) is 8.15. The summed E-state index contributed by atoms with van der Waals surface area (Å²) in [5.74, 6) is 3.35. The van der Waals surface area contributed by atoms with E-state index in [-0.39, 0.29) is 0 Å². The van der Waals surface area contributed by atoms with Crippen LogP contribution in [0.4, 0.5) is 0 Å². The normalized spacial score (nSPS) is 27.2. The molecule has 1 aromatic heterocycles. The predicted molar refractivity (Wildman–Crippen MR) is 84.7 cm³/mol. The van der Waals surface area contributed by atoms with Crippen LogP contribution in [-0.4, -0.2) is 23.4 Å². The fraction of sp³-hybridized carbons (Fsp3) is 0.824. The maximum absolute atomic E-state index is 4.50. The zero-order chi connectivity index (χ0) is 14.7. The Hall–Kier alpha value is -0.830. The minimum absolute atomic E-state index is 0.804. The second-order valence-corrected chi connectivity index (χ2v) is 7.00. The molecule has 20 heavy (non-hydrogen) atoms. The zero-order valence-electron chi connectivity index (χ0n) is 13.8. The zero-order valence-corrected chi connectivity index (χ0v) is 13.8. The van der Waals surface area contributed by atoms with Crippen molar-refractivity contribution < 1.29 is 0 Å². The van der Waals surface area contributed by atoms with Crippen LogP contribution in [-0.2, 0) is 13.5 Å². The lowest BCUT2D eigenvalue weighted by atomic mass is 9.69. The number of aromatic nitrogens is 2. The van der Waals surface area contributed by atoms with Gasteiger partial charge in [0.1, 0.15) is 0 Å². The highest BCUT2D eigenvalue weighted by Crippen LogP contribution is 2.38. The van der Waals surface area contributed by atoms with Crippen LogP contribution in [0, 0.1) is 30.6 Å². The lowest BCUT2D eigenvalue weighted by molar-refractivity contribution is 0.144. The van der Waals surface area contributed by atoms with E-state index in [9.17, 15) is 0 Å². The first kappa shape index (κ1) is 15.6. The molecule has 3 heteroatoms. The van der Waals surface area contributed by atoms with Gasteiger partial charge in [-0.25, -0.2) is 0 Å². The van der Waals surface area contributed by atoms with Gasteiger partial charge in [0.25, 0.3) is 0 Å². The maximum atomic E-state index is 4.50. The highest BCUT2D eigenvalue weighted by Gasteiger charge is 2.31. The van der Waals surface area contributed by atoms with E-state index in [1.165, 1.54) is 31.4 Å². The molecule has 114 valence electrons. The molecule has 2 rings (SSSR count). The van der Waals surface area contributed by atoms with Crippen molar-refractivity contribution in [1.82, 2.24) is 15.1 Å². The van der Waals surface area contributed by atoms with Crippen LogP contribution in [0.15, 0.2) is 6.07 Å². The fourth-order valence-corrected chi connectivity index (χ4v) is 3.87. The smallest absolute Gasteiger partial charge is 0.0596 e. The Kier molecular flexibility index (Phi) is 5.25. The van der Waals surface area contributed by atoms with E-state index in [0.717, 1.165) is 35.9 Å². The molecule has 0 bridgehead atoms. The highest BCUT2D eigenvalue weighted by molar-refractivity contribution is 5.10. The second-order valence-electron chi connectivity index (χ2n) is 7.00. The lowest BCUT2D eigenvalue weighted by Crippen LogP contribution is -2.34. The SMILES string of the molecule is CNCC1CCC(C(C)C)CC1Cc1cc(C)nn1C. The molecule has 1 heterocycles. The van der Waals surface area contributed by atoms with Crippen molar-refractivity contribution in [3.05, 3.63) is 17.5 Å². The van der Waals surface area contributed by atoms with Crippen LogP contribution >= 0.6 is 0 Å². The van der Waals surface area contributed by atoms with E-state index >= 15 is 0 Å². The van der Waals surface area contributed by atoms with E-state index < -0.39 is 0 Å². The van der Waals surface area contributed by atoms with Crippen molar-refractivity contribution in [2.75, 3.05) is 13.6 Å². The third-order valence-corrected chi connectivity index (χ3v) is 5.16. The number of hydrogen-bond donors (Lipinski definition) is 1. The third-order valence-electron chi connectivity index (χ3n) is 5.16. The molecule has 1 aliphatic carbocycles. The Bertz CT molecular complexity index is 422. The van der Waals surface area contributed by atoms with E-state index in [1.54, 1.807) is 0 Å². The topological polar surface area (TPSA) is 29.9 Å². The van der Waals surface area contributed by atoms with Gasteiger partial charge < -0.3 is 5.32 Å². The monoisotopic (exact) mass is 277 g/mol. The molecule has 1 saturated carbocycles. The average Bonchev–Trinajstić information content (AvgIpc) is 2.70. The molecule has 0 aliphatic heterocycles. The average molecular weight is 277 g/mol. The van der Waals surface area contributed by atoms with E-state index in [4.69, 9.17) is 0 Å². The van der Waals surface area contributed by atoms with E-state index in [0.29, 0.717) is 0 Å². The molecule has 3 atom stereocenters. The van der Waals surface area contributed by atoms with Gasteiger partial charge >= 0.3 is 0 Å². The first-order valence-corrected chi connectivity index (χ1v) is 8.15. The van der Waals surface area contributed by atoms with Crippen molar-refractivity contribution in [3.8, 4) is 0 Å². The Labute approximate surface area is 124 Å². The summed E-state index contributed by atoms with van der Waals surface area (Å²) in [6.07, 6.45) is 5.36. The molecule has 0 aromatic carbocycles. The Balaban J connectivity index is 2.08. The molecule has 0 radical (unpaired) electrons. The summed E-state index contributed by atoms with van der Waals surface area (Å²) in [7, 11) is 4.16. The minimum atomic E-state index is 0.804. The largest absolute Gasteiger partial charge is 0.319 e. The van der Waals surface area contributed by atoms with Gasteiger partial charge in [0.2, 0.25) is 0 Å². The lowest BCUT2D eigenvalue weighted by Gasteiger charge is -2.38. The maximum Gasteiger partial charge on any atom is 0.0596 e. The summed E-state index contributed by atoms with van der Waals surface area (Å²) >= 11 is 0. The minimum Gasteiger partial charge on any atom is -0.319 e. The van der Waals surface area contributed by atoms with Crippen molar-refractivity contribution in [1.29, 1.82) is 0 Å². The molecule has 1 N–H and O–H groups in total. The molecule has 1 fully saturated rings. The van der Waals surface area contributed by atoms with Crippen molar-refractivity contribution in [2.45, 2.75) is 46.5 Å². The molecule has 0 amide bonds. The first-order chi connectivity index (χ1) is 9.51. The van der Waals surface area contributed by atoms with Gasteiger partial charge in [0.15, 0.2) is 0 Å². The van der Waals surface area contributed by atoms with E-state index in [2.05, 4.69) is 56.0 Å². The molecule has 0 saturated heterocycles. The summed E-state index contributed by atoms with van der Waals surface area (Å²) in [5, 5.41) is 7.90. The highest BCUT2D eigenvalue weighted by atomic mass is 15.3. The standard InChI is InChI=1S/C17H31N3/c1-12(2)14-6-7-15(11-18-4)16(9-14)10-17-8-13(3)19-20(17)5/h8,12,14-16,18H,6-7,9-11H2,1-5H3. The van der Waals surface area contributed by atoms with Gasteiger partial charge in [0.05, 0.1) is 5.69 Å². The number of aryl methyl sites for hydroxylation is 2.